The minimum Gasteiger partial charge on any atom is -0.368 e. The molecule has 0 aliphatic carbocycles. The molecule has 0 aliphatic heterocycles. The van der Waals surface area contributed by atoms with E-state index in [1.54, 1.807) is 13.1 Å². The molecule has 0 radical (unpaired) electrons. The van der Waals surface area contributed by atoms with Crippen molar-refractivity contribution in [3.63, 3.8) is 0 Å². The summed E-state index contributed by atoms with van der Waals surface area (Å²) in [5, 5.41) is 0. The molecule has 0 saturated carbocycles. The van der Waals surface area contributed by atoms with Crippen molar-refractivity contribution in [3.05, 3.63) is 33.8 Å². The van der Waals surface area contributed by atoms with Crippen LogP contribution in [0.2, 0.25) is 0 Å². The third-order valence-electron chi connectivity index (χ3n) is 2.09. The van der Waals surface area contributed by atoms with E-state index in [-0.39, 0.29) is 12.5 Å². The van der Waals surface area contributed by atoms with Crippen LogP contribution in [-0.4, -0.2) is 30.3 Å². The first-order valence-corrected chi connectivity index (χ1v) is 5.51. The highest BCUT2D eigenvalue weighted by Gasteiger charge is 2.15. The number of carbonyl (C=O) groups excluding carboxylic acids is 2. The Morgan fingerprint density at radius 3 is 2.56 bits per heavy atom. The number of primary amides is 1. The normalized spacial score (nSPS) is 9.94. The van der Waals surface area contributed by atoms with Gasteiger partial charge in [-0.1, -0.05) is 6.07 Å². The van der Waals surface area contributed by atoms with Crippen molar-refractivity contribution in [3.8, 4) is 0 Å². The van der Waals surface area contributed by atoms with Gasteiger partial charge in [0.15, 0.2) is 0 Å². The lowest BCUT2D eigenvalue weighted by molar-refractivity contribution is -0.118. The van der Waals surface area contributed by atoms with Gasteiger partial charge in [0.2, 0.25) is 5.91 Å². The number of aryl methyl sites for hydroxylation is 1. The van der Waals surface area contributed by atoms with Crippen LogP contribution in [0.4, 0.5) is 0 Å². The van der Waals surface area contributed by atoms with Crippen LogP contribution in [0.25, 0.3) is 0 Å². The number of likely N-dealkylation sites (N-methyl/N-ethyl adjacent to an activating group) is 1. The monoisotopic (exact) mass is 284 g/mol. The summed E-state index contributed by atoms with van der Waals surface area (Å²) in [6.45, 7) is 1.85. The van der Waals surface area contributed by atoms with Crippen LogP contribution in [-0.2, 0) is 4.79 Å². The quantitative estimate of drug-likeness (QED) is 0.910. The van der Waals surface area contributed by atoms with Gasteiger partial charge in [0.05, 0.1) is 12.1 Å². The maximum absolute atomic E-state index is 11.9. The SMILES string of the molecule is Cc1ccc(C(=O)N(C)CC(N)=O)c(Br)c1. The third-order valence-corrected chi connectivity index (χ3v) is 2.75. The number of hydrogen-bond acceptors (Lipinski definition) is 2. The molecule has 4 nitrogen and oxygen atoms in total. The Labute approximate surface area is 103 Å². The Kier molecular flexibility index (Phi) is 4.06. The zero-order valence-corrected chi connectivity index (χ0v) is 10.7. The molecule has 1 aromatic rings. The Bertz CT molecular complexity index is 432. The second-order valence-electron chi connectivity index (χ2n) is 3.61. The fourth-order valence-corrected chi connectivity index (χ4v) is 1.97. The van der Waals surface area contributed by atoms with Gasteiger partial charge in [-0.25, -0.2) is 0 Å². The fraction of sp³-hybridized carbons (Fsp3) is 0.273. The molecule has 86 valence electrons. The summed E-state index contributed by atoms with van der Waals surface area (Å²) in [5.74, 6) is -0.759. The number of amides is 2. The summed E-state index contributed by atoms with van der Waals surface area (Å²) in [5.41, 5.74) is 6.61. The molecule has 0 aliphatic rings. The molecule has 0 fully saturated rings. The Morgan fingerprint density at radius 1 is 1.44 bits per heavy atom. The van der Waals surface area contributed by atoms with Gasteiger partial charge in [-0.15, -0.1) is 0 Å². The number of benzene rings is 1. The highest BCUT2D eigenvalue weighted by molar-refractivity contribution is 9.10. The predicted molar refractivity (Wildman–Crippen MR) is 65.0 cm³/mol. The minimum atomic E-state index is -0.529. The summed E-state index contributed by atoms with van der Waals surface area (Å²) >= 11 is 3.32. The Hall–Kier alpha value is -1.36. The molecule has 1 rings (SSSR count). The van der Waals surface area contributed by atoms with Crippen LogP contribution in [0.15, 0.2) is 22.7 Å². The van der Waals surface area contributed by atoms with Gasteiger partial charge in [0, 0.05) is 11.5 Å². The predicted octanol–water partition coefficient (Wildman–Crippen LogP) is 1.31. The largest absolute Gasteiger partial charge is 0.368 e. The van der Waals surface area contributed by atoms with Crippen molar-refractivity contribution in [2.24, 2.45) is 5.73 Å². The number of hydrogen-bond donors (Lipinski definition) is 1. The summed E-state index contributed by atoms with van der Waals surface area (Å²) in [6, 6.07) is 5.42. The molecule has 16 heavy (non-hydrogen) atoms. The summed E-state index contributed by atoms with van der Waals surface area (Å²) in [4.78, 5) is 23.9. The maximum atomic E-state index is 11.9. The first kappa shape index (κ1) is 12.7. The van der Waals surface area contributed by atoms with Gasteiger partial charge in [-0.2, -0.15) is 0 Å². The van der Waals surface area contributed by atoms with E-state index >= 15 is 0 Å². The molecule has 5 heteroatoms. The fourth-order valence-electron chi connectivity index (χ4n) is 1.30. The molecule has 0 heterocycles. The number of rotatable bonds is 3. The second-order valence-corrected chi connectivity index (χ2v) is 4.47. The first-order valence-electron chi connectivity index (χ1n) is 4.71. The van der Waals surface area contributed by atoms with Gasteiger partial charge in [-0.3, -0.25) is 9.59 Å². The highest BCUT2D eigenvalue weighted by atomic mass is 79.9. The van der Waals surface area contributed by atoms with E-state index in [9.17, 15) is 9.59 Å². The molecular weight excluding hydrogens is 272 g/mol. The Balaban J connectivity index is 2.92. The van der Waals surface area contributed by atoms with E-state index in [0.717, 1.165) is 5.56 Å². The van der Waals surface area contributed by atoms with E-state index < -0.39 is 5.91 Å². The smallest absolute Gasteiger partial charge is 0.255 e. The lowest BCUT2D eigenvalue weighted by Crippen LogP contribution is -2.35. The molecule has 0 atom stereocenters. The number of nitrogens with zero attached hydrogens (tertiary/aromatic N) is 1. The van der Waals surface area contributed by atoms with Crippen LogP contribution in [0.5, 0.6) is 0 Å². The van der Waals surface area contributed by atoms with Crippen LogP contribution in [0, 0.1) is 6.92 Å². The van der Waals surface area contributed by atoms with Crippen molar-refractivity contribution in [2.45, 2.75) is 6.92 Å². The molecule has 0 spiro atoms. The second kappa shape index (κ2) is 5.12. The van der Waals surface area contributed by atoms with Gasteiger partial charge >= 0.3 is 0 Å². The number of halogens is 1. The van der Waals surface area contributed by atoms with Crippen LogP contribution < -0.4 is 5.73 Å². The molecular formula is C11H13BrN2O2. The molecule has 0 saturated heterocycles. The van der Waals surface area contributed by atoms with E-state index in [1.807, 2.05) is 19.1 Å². The van der Waals surface area contributed by atoms with Gasteiger partial charge < -0.3 is 10.6 Å². The van der Waals surface area contributed by atoms with Crippen molar-refractivity contribution in [1.82, 2.24) is 4.90 Å². The van der Waals surface area contributed by atoms with Crippen LogP contribution in [0.3, 0.4) is 0 Å². The molecule has 0 unspecified atom stereocenters. The third kappa shape index (κ3) is 3.06. The van der Waals surface area contributed by atoms with Crippen molar-refractivity contribution >= 4 is 27.7 Å². The minimum absolute atomic E-state index is 0.0842. The molecule has 0 bridgehead atoms. The highest BCUT2D eigenvalue weighted by Crippen LogP contribution is 2.19. The van der Waals surface area contributed by atoms with Gasteiger partial charge in [-0.05, 0) is 40.5 Å². The molecule has 1 aromatic carbocycles. The summed E-state index contributed by atoms with van der Waals surface area (Å²) < 4.78 is 0.717. The van der Waals surface area contributed by atoms with Crippen molar-refractivity contribution < 1.29 is 9.59 Å². The maximum Gasteiger partial charge on any atom is 0.255 e. The molecule has 2 amide bonds. The van der Waals surface area contributed by atoms with E-state index in [2.05, 4.69) is 15.9 Å². The van der Waals surface area contributed by atoms with Crippen LogP contribution in [0.1, 0.15) is 15.9 Å². The average Bonchev–Trinajstić information content (AvgIpc) is 2.15. The van der Waals surface area contributed by atoms with Crippen LogP contribution >= 0.6 is 15.9 Å². The van der Waals surface area contributed by atoms with Gasteiger partial charge in [0.25, 0.3) is 5.91 Å². The first-order chi connectivity index (χ1) is 7.41. The average molecular weight is 285 g/mol. The topological polar surface area (TPSA) is 63.4 Å². The van der Waals surface area contributed by atoms with Gasteiger partial charge in [0.1, 0.15) is 0 Å². The van der Waals surface area contributed by atoms with E-state index in [1.165, 1.54) is 4.90 Å². The summed E-state index contributed by atoms with van der Waals surface area (Å²) in [7, 11) is 1.54. The van der Waals surface area contributed by atoms with E-state index in [4.69, 9.17) is 5.73 Å². The molecule has 0 aromatic heterocycles. The van der Waals surface area contributed by atoms with Crippen molar-refractivity contribution in [1.29, 1.82) is 0 Å². The Morgan fingerprint density at radius 2 is 2.06 bits per heavy atom. The lowest BCUT2D eigenvalue weighted by atomic mass is 10.1. The lowest BCUT2D eigenvalue weighted by Gasteiger charge is -2.16. The standard InChI is InChI=1S/C11H13BrN2O2/c1-7-3-4-8(9(12)5-7)11(16)14(2)6-10(13)15/h3-5H,6H2,1-2H3,(H2,13,15). The van der Waals surface area contributed by atoms with Crippen molar-refractivity contribution in [2.75, 3.05) is 13.6 Å². The zero-order valence-electron chi connectivity index (χ0n) is 9.16. The van der Waals surface area contributed by atoms with E-state index in [0.29, 0.717) is 10.0 Å². The molecule has 2 N–H and O–H groups in total. The number of nitrogens with two attached hydrogens (primary N) is 1. The number of carbonyl (C=O) groups is 2. The summed E-state index contributed by atoms with van der Waals surface area (Å²) in [6.07, 6.45) is 0. The zero-order chi connectivity index (χ0) is 12.3.